The number of aromatic nitrogens is 1. The lowest BCUT2D eigenvalue weighted by Gasteiger charge is -2.21. The summed E-state index contributed by atoms with van der Waals surface area (Å²) < 4.78 is 0. The molecule has 25 heavy (non-hydrogen) atoms. The molecule has 2 amide bonds. The summed E-state index contributed by atoms with van der Waals surface area (Å²) in [7, 11) is 0. The van der Waals surface area contributed by atoms with Crippen molar-refractivity contribution in [2.75, 3.05) is 18.0 Å². The van der Waals surface area contributed by atoms with Crippen LogP contribution in [0.3, 0.4) is 0 Å². The minimum absolute atomic E-state index is 0.0284. The number of carbonyl (C=O) groups excluding carboxylic acids is 2. The molecule has 1 saturated heterocycles. The Morgan fingerprint density at radius 3 is 2.68 bits per heavy atom. The van der Waals surface area contributed by atoms with E-state index < -0.39 is 0 Å². The van der Waals surface area contributed by atoms with E-state index in [1.165, 1.54) is 0 Å². The first-order valence-corrected chi connectivity index (χ1v) is 8.60. The number of hydrogen-bond donors (Lipinski definition) is 0. The fourth-order valence-corrected chi connectivity index (χ4v) is 3.14. The Morgan fingerprint density at radius 2 is 2.04 bits per heavy atom. The Kier molecular flexibility index (Phi) is 4.83. The van der Waals surface area contributed by atoms with Crippen LogP contribution in [-0.4, -0.2) is 40.8 Å². The van der Waals surface area contributed by atoms with E-state index in [1.807, 2.05) is 51.1 Å². The van der Waals surface area contributed by atoms with Gasteiger partial charge in [-0.05, 0) is 38.5 Å². The van der Waals surface area contributed by atoms with E-state index in [-0.39, 0.29) is 24.4 Å². The van der Waals surface area contributed by atoms with Gasteiger partial charge in [0.2, 0.25) is 0 Å². The molecule has 3 rings (SSSR count). The van der Waals surface area contributed by atoms with Gasteiger partial charge >= 0.3 is 6.03 Å². The lowest BCUT2D eigenvalue weighted by molar-refractivity contribution is 0.0936. The number of ketones is 1. The SMILES string of the molecule is CC[C@H]1CN(c2ccc(C)nc2)C(=O)N1CC(=O)c1cccc(C)c1. The maximum Gasteiger partial charge on any atom is 0.325 e. The van der Waals surface area contributed by atoms with Crippen LogP contribution in [0.25, 0.3) is 0 Å². The Labute approximate surface area is 148 Å². The quantitative estimate of drug-likeness (QED) is 0.783. The van der Waals surface area contributed by atoms with Crippen LogP contribution in [0.5, 0.6) is 0 Å². The fourth-order valence-electron chi connectivity index (χ4n) is 3.14. The van der Waals surface area contributed by atoms with Crippen LogP contribution in [0, 0.1) is 13.8 Å². The van der Waals surface area contributed by atoms with Gasteiger partial charge in [0.05, 0.1) is 24.5 Å². The maximum absolute atomic E-state index is 12.9. The third-order valence-electron chi connectivity index (χ3n) is 4.64. The smallest absolute Gasteiger partial charge is 0.312 e. The van der Waals surface area contributed by atoms with Crippen LogP contribution in [0.15, 0.2) is 42.6 Å². The average Bonchev–Trinajstić information content (AvgIpc) is 2.92. The van der Waals surface area contributed by atoms with Crippen molar-refractivity contribution in [2.24, 2.45) is 0 Å². The highest BCUT2D eigenvalue weighted by Gasteiger charge is 2.38. The molecule has 1 aliphatic rings. The van der Waals surface area contributed by atoms with Crippen LogP contribution in [0.4, 0.5) is 10.5 Å². The molecular formula is C20H23N3O2. The van der Waals surface area contributed by atoms with Gasteiger partial charge in [0.15, 0.2) is 5.78 Å². The highest BCUT2D eigenvalue weighted by Crippen LogP contribution is 2.25. The number of amides is 2. The molecule has 5 heteroatoms. The molecule has 130 valence electrons. The summed E-state index contributed by atoms with van der Waals surface area (Å²) in [6, 6.07) is 11.2. The first-order chi connectivity index (χ1) is 12.0. The van der Waals surface area contributed by atoms with Crippen molar-refractivity contribution in [3.63, 3.8) is 0 Å². The number of benzene rings is 1. The van der Waals surface area contributed by atoms with E-state index in [2.05, 4.69) is 4.98 Å². The number of anilines is 1. The van der Waals surface area contributed by atoms with Crippen LogP contribution in [0.1, 0.15) is 35.0 Å². The van der Waals surface area contributed by atoms with Gasteiger partial charge in [-0.1, -0.05) is 30.7 Å². The first kappa shape index (κ1) is 17.1. The summed E-state index contributed by atoms with van der Waals surface area (Å²) in [5.41, 5.74) is 3.38. The largest absolute Gasteiger partial charge is 0.325 e. The van der Waals surface area contributed by atoms with Gasteiger partial charge in [0.1, 0.15) is 0 Å². The molecule has 2 heterocycles. The third kappa shape index (κ3) is 3.55. The number of pyridine rings is 1. The fraction of sp³-hybridized carbons (Fsp3) is 0.350. The highest BCUT2D eigenvalue weighted by atomic mass is 16.2. The zero-order chi connectivity index (χ0) is 18.0. The maximum atomic E-state index is 12.9. The minimum Gasteiger partial charge on any atom is -0.312 e. The van der Waals surface area contributed by atoms with Gasteiger partial charge in [0, 0.05) is 17.8 Å². The normalized spacial score (nSPS) is 17.2. The Bertz CT molecular complexity index is 786. The van der Waals surface area contributed by atoms with Crippen LogP contribution >= 0.6 is 0 Å². The van der Waals surface area contributed by atoms with E-state index >= 15 is 0 Å². The molecule has 1 aliphatic heterocycles. The van der Waals surface area contributed by atoms with Crippen LogP contribution < -0.4 is 4.90 Å². The van der Waals surface area contributed by atoms with Crippen LogP contribution in [0.2, 0.25) is 0 Å². The van der Waals surface area contributed by atoms with Gasteiger partial charge < -0.3 is 4.90 Å². The molecule has 0 saturated carbocycles. The van der Waals surface area contributed by atoms with Crippen molar-refractivity contribution in [3.8, 4) is 0 Å². The van der Waals surface area contributed by atoms with Crippen molar-refractivity contribution in [3.05, 3.63) is 59.4 Å². The standard InChI is InChI=1S/C20H23N3O2/c1-4-17-12-22(18-9-8-15(3)21-11-18)20(25)23(17)13-19(24)16-7-5-6-14(2)10-16/h5-11,17H,4,12-13H2,1-3H3/t17-/m0/s1. The summed E-state index contributed by atoms with van der Waals surface area (Å²) in [5, 5.41) is 0. The molecule has 2 aromatic rings. The molecule has 0 spiro atoms. The average molecular weight is 337 g/mol. The lowest BCUT2D eigenvalue weighted by Crippen LogP contribution is -2.38. The number of urea groups is 1. The summed E-state index contributed by atoms with van der Waals surface area (Å²) in [5.74, 6) is -0.0284. The van der Waals surface area contributed by atoms with Crippen molar-refractivity contribution in [1.82, 2.24) is 9.88 Å². The van der Waals surface area contributed by atoms with E-state index in [9.17, 15) is 9.59 Å². The van der Waals surface area contributed by atoms with Crippen molar-refractivity contribution >= 4 is 17.5 Å². The lowest BCUT2D eigenvalue weighted by atomic mass is 10.1. The molecular weight excluding hydrogens is 314 g/mol. The number of hydrogen-bond acceptors (Lipinski definition) is 3. The molecule has 0 unspecified atom stereocenters. The second kappa shape index (κ2) is 7.05. The molecule has 5 nitrogen and oxygen atoms in total. The second-order valence-electron chi connectivity index (χ2n) is 6.53. The van der Waals surface area contributed by atoms with Gasteiger partial charge in [0.25, 0.3) is 0 Å². The molecule has 1 aromatic carbocycles. The zero-order valence-corrected chi connectivity index (χ0v) is 14.9. The summed E-state index contributed by atoms with van der Waals surface area (Å²) in [6.45, 7) is 6.60. The zero-order valence-electron chi connectivity index (χ0n) is 14.9. The molecule has 0 aliphatic carbocycles. The predicted molar refractivity (Wildman–Crippen MR) is 98.0 cm³/mol. The van der Waals surface area contributed by atoms with Gasteiger partial charge in [-0.3, -0.25) is 14.7 Å². The van der Waals surface area contributed by atoms with E-state index in [1.54, 1.807) is 22.1 Å². The Morgan fingerprint density at radius 1 is 1.24 bits per heavy atom. The summed E-state index contributed by atoms with van der Waals surface area (Å²) in [4.78, 5) is 33.2. The van der Waals surface area contributed by atoms with Gasteiger partial charge in [-0.25, -0.2) is 4.79 Å². The summed E-state index contributed by atoms with van der Waals surface area (Å²) in [6.07, 6.45) is 2.52. The Hall–Kier alpha value is -2.69. The summed E-state index contributed by atoms with van der Waals surface area (Å²) >= 11 is 0. The predicted octanol–water partition coefficient (Wildman–Crippen LogP) is 3.60. The molecule has 1 aromatic heterocycles. The molecule has 0 N–H and O–H groups in total. The number of rotatable bonds is 5. The number of aryl methyl sites for hydroxylation is 2. The monoisotopic (exact) mass is 337 g/mol. The number of Topliss-reactive ketones (excluding diaryl/α,β-unsaturated/α-hetero) is 1. The van der Waals surface area contributed by atoms with Crippen molar-refractivity contribution in [1.29, 1.82) is 0 Å². The third-order valence-corrected chi connectivity index (χ3v) is 4.64. The number of carbonyl (C=O) groups is 2. The van der Waals surface area contributed by atoms with E-state index in [4.69, 9.17) is 0 Å². The van der Waals surface area contributed by atoms with Crippen LogP contribution in [-0.2, 0) is 0 Å². The Balaban J connectivity index is 1.79. The van der Waals surface area contributed by atoms with E-state index in [0.29, 0.717) is 12.1 Å². The first-order valence-electron chi connectivity index (χ1n) is 8.60. The van der Waals surface area contributed by atoms with Gasteiger partial charge in [-0.2, -0.15) is 0 Å². The van der Waals surface area contributed by atoms with Crippen molar-refractivity contribution < 1.29 is 9.59 Å². The molecule has 0 bridgehead atoms. The minimum atomic E-state index is -0.126. The van der Waals surface area contributed by atoms with Crippen molar-refractivity contribution in [2.45, 2.75) is 33.2 Å². The van der Waals surface area contributed by atoms with E-state index in [0.717, 1.165) is 23.4 Å². The topological polar surface area (TPSA) is 53.5 Å². The number of nitrogens with zero attached hydrogens (tertiary/aromatic N) is 3. The second-order valence-corrected chi connectivity index (χ2v) is 6.53. The van der Waals surface area contributed by atoms with Gasteiger partial charge in [-0.15, -0.1) is 0 Å². The highest BCUT2D eigenvalue weighted by molar-refractivity contribution is 6.02. The molecule has 0 radical (unpaired) electrons. The molecule has 1 fully saturated rings. The molecule has 1 atom stereocenters.